The van der Waals surface area contributed by atoms with Crippen LogP contribution < -0.4 is 0 Å². The molecule has 0 aliphatic rings. The average Bonchev–Trinajstić information content (AvgIpc) is 2.08. The van der Waals surface area contributed by atoms with Crippen molar-refractivity contribution in [2.45, 2.75) is 5.33 Å². The molecule has 0 spiro atoms. The normalized spacial score (nSPS) is 10.4. The second-order valence-corrected chi connectivity index (χ2v) is 3.44. The van der Waals surface area contributed by atoms with Crippen molar-refractivity contribution in [1.29, 1.82) is 0 Å². The summed E-state index contributed by atoms with van der Waals surface area (Å²) in [5.74, 6) is -1.68. The minimum absolute atomic E-state index is 0.171. The minimum Gasteiger partial charge on any atom is -0.205 e. The van der Waals surface area contributed by atoms with Crippen LogP contribution in [0.5, 0.6) is 0 Å². The van der Waals surface area contributed by atoms with Crippen LogP contribution in [0.1, 0.15) is 5.56 Å². The third-order valence-electron chi connectivity index (χ3n) is 1.32. The van der Waals surface area contributed by atoms with Crippen LogP contribution in [-0.4, -0.2) is 0 Å². The first kappa shape index (κ1) is 10.2. The van der Waals surface area contributed by atoms with E-state index in [9.17, 15) is 8.78 Å². The summed E-state index contributed by atoms with van der Waals surface area (Å²) in [5, 5.41) is -0.480. The lowest BCUT2D eigenvalue weighted by Crippen LogP contribution is -1.91. The summed E-state index contributed by atoms with van der Waals surface area (Å²) in [6, 6.07) is 1.20. The molecule has 0 bridgehead atoms. The summed E-state index contributed by atoms with van der Waals surface area (Å²) >= 11 is 13.8. The first-order valence-corrected chi connectivity index (χ1v) is 4.83. The molecule has 0 N–H and O–H groups in total. The van der Waals surface area contributed by atoms with Gasteiger partial charge in [-0.05, 0) is 6.07 Å². The summed E-state index contributed by atoms with van der Waals surface area (Å²) in [4.78, 5) is 0. The van der Waals surface area contributed by atoms with Gasteiger partial charge in [-0.15, -0.1) is 0 Å². The lowest BCUT2D eigenvalue weighted by molar-refractivity contribution is 0.578. The zero-order valence-electron chi connectivity index (χ0n) is 5.67. The van der Waals surface area contributed by atoms with Crippen molar-refractivity contribution < 1.29 is 8.78 Å². The van der Waals surface area contributed by atoms with Crippen LogP contribution in [0.4, 0.5) is 8.78 Å². The molecule has 0 nitrogen and oxygen atoms in total. The number of halogens is 5. The van der Waals surface area contributed by atoms with E-state index < -0.39 is 16.7 Å². The molecule has 1 rings (SSSR count). The van der Waals surface area contributed by atoms with E-state index in [0.717, 1.165) is 0 Å². The van der Waals surface area contributed by atoms with Gasteiger partial charge in [0.15, 0.2) is 5.82 Å². The van der Waals surface area contributed by atoms with Gasteiger partial charge in [-0.1, -0.05) is 39.1 Å². The molecule has 1 aromatic carbocycles. The first-order valence-electron chi connectivity index (χ1n) is 2.95. The second-order valence-electron chi connectivity index (χ2n) is 2.09. The number of hydrogen-bond donors (Lipinski definition) is 0. The Hall–Kier alpha value is 0.140. The van der Waals surface area contributed by atoms with Crippen molar-refractivity contribution >= 4 is 39.1 Å². The highest BCUT2D eigenvalue weighted by Crippen LogP contribution is 2.29. The van der Waals surface area contributed by atoms with Crippen molar-refractivity contribution in [3.8, 4) is 0 Å². The number of benzene rings is 1. The highest BCUT2D eigenvalue weighted by Gasteiger charge is 2.14. The largest absolute Gasteiger partial charge is 0.205 e. The quantitative estimate of drug-likeness (QED) is 0.410. The highest BCUT2D eigenvalue weighted by atomic mass is 79.9. The molecule has 0 aromatic heterocycles. The molecule has 0 heterocycles. The van der Waals surface area contributed by atoms with Gasteiger partial charge in [-0.2, -0.15) is 0 Å². The molecule has 0 radical (unpaired) electrons. The summed E-state index contributed by atoms with van der Waals surface area (Å²) < 4.78 is 25.8. The monoisotopic (exact) mass is 274 g/mol. The molecule has 0 saturated carbocycles. The molecule has 0 saturated heterocycles. The smallest absolute Gasteiger partial charge is 0.163 e. The maximum absolute atomic E-state index is 13.0. The predicted octanol–water partition coefficient (Wildman–Crippen LogP) is 4.17. The van der Waals surface area contributed by atoms with E-state index in [0.29, 0.717) is 0 Å². The Bertz CT molecular complexity index is 315. The van der Waals surface area contributed by atoms with Crippen molar-refractivity contribution in [2.75, 3.05) is 0 Å². The van der Waals surface area contributed by atoms with Gasteiger partial charge in [0, 0.05) is 10.9 Å². The molecular weight excluding hydrogens is 273 g/mol. The molecule has 0 atom stereocenters. The van der Waals surface area contributed by atoms with Crippen LogP contribution in [0.2, 0.25) is 10.0 Å². The van der Waals surface area contributed by atoms with Crippen LogP contribution in [-0.2, 0) is 5.33 Å². The molecule has 1 aromatic rings. The topological polar surface area (TPSA) is 0 Å². The van der Waals surface area contributed by atoms with E-state index in [-0.39, 0.29) is 15.9 Å². The van der Waals surface area contributed by atoms with Gasteiger partial charge in [0.2, 0.25) is 0 Å². The molecule has 0 aliphatic heterocycles. The molecule has 5 heteroatoms. The Morgan fingerprint density at radius 2 is 1.83 bits per heavy atom. The number of rotatable bonds is 1. The van der Waals surface area contributed by atoms with Crippen molar-refractivity contribution in [2.24, 2.45) is 0 Å². The summed E-state index contributed by atoms with van der Waals surface area (Å²) in [6.07, 6.45) is 0. The van der Waals surface area contributed by atoms with E-state index in [1.165, 1.54) is 6.07 Å². The molecule has 0 amide bonds. The molecule has 66 valence electrons. The Morgan fingerprint density at radius 1 is 1.25 bits per heavy atom. The molecule has 0 aliphatic carbocycles. The number of alkyl halides is 1. The van der Waals surface area contributed by atoms with Crippen LogP contribution in [0.15, 0.2) is 6.07 Å². The van der Waals surface area contributed by atoms with Gasteiger partial charge < -0.3 is 0 Å². The standard InChI is InChI=1S/C7H3BrCl2F2/c8-2-3-1-4(9)7(12)5(10)6(3)11/h1H,2H2. The Labute approximate surface area is 86.6 Å². The van der Waals surface area contributed by atoms with Gasteiger partial charge in [-0.3, -0.25) is 0 Å². The van der Waals surface area contributed by atoms with E-state index >= 15 is 0 Å². The Kier molecular flexibility index (Phi) is 3.32. The highest BCUT2D eigenvalue weighted by molar-refractivity contribution is 9.08. The zero-order chi connectivity index (χ0) is 9.30. The maximum atomic E-state index is 13.0. The fourth-order valence-electron chi connectivity index (χ4n) is 0.719. The first-order chi connectivity index (χ1) is 5.57. The molecular formula is C7H3BrCl2F2. The second kappa shape index (κ2) is 3.90. The third-order valence-corrected chi connectivity index (χ3v) is 2.53. The van der Waals surface area contributed by atoms with E-state index in [1.807, 2.05) is 0 Å². The van der Waals surface area contributed by atoms with Crippen LogP contribution >= 0.6 is 39.1 Å². The van der Waals surface area contributed by atoms with Gasteiger partial charge >= 0.3 is 0 Å². The Morgan fingerprint density at radius 3 is 2.33 bits per heavy atom. The summed E-state index contributed by atoms with van der Waals surface area (Å²) in [7, 11) is 0. The summed E-state index contributed by atoms with van der Waals surface area (Å²) in [6.45, 7) is 0. The molecule has 0 unspecified atom stereocenters. The lowest BCUT2D eigenvalue weighted by atomic mass is 10.2. The maximum Gasteiger partial charge on any atom is 0.163 e. The van der Waals surface area contributed by atoms with E-state index in [1.54, 1.807) is 0 Å². The third kappa shape index (κ3) is 1.73. The van der Waals surface area contributed by atoms with Crippen LogP contribution in [0, 0.1) is 11.6 Å². The zero-order valence-corrected chi connectivity index (χ0v) is 8.77. The fourth-order valence-corrected chi connectivity index (χ4v) is 1.62. The average molecular weight is 276 g/mol. The SMILES string of the molecule is Fc1c(Cl)cc(CBr)c(F)c1Cl. The van der Waals surface area contributed by atoms with E-state index in [2.05, 4.69) is 15.9 Å². The van der Waals surface area contributed by atoms with Crippen LogP contribution in [0.25, 0.3) is 0 Å². The minimum atomic E-state index is -0.916. The predicted molar refractivity (Wildman–Crippen MR) is 49.0 cm³/mol. The van der Waals surface area contributed by atoms with Crippen molar-refractivity contribution in [3.63, 3.8) is 0 Å². The summed E-state index contributed by atoms with van der Waals surface area (Å²) in [5.41, 5.74) is 0.242. The van der Waals surface area contributed by atoms with Crippen molar-refractivity contribution in [3.05, 3.63) is 33.3 Å². The lowest BCUT2D eigenvalue weighted by Gasteiger charge is -2.03. The van der Waals surface area contributed by atoms with Gasteiger partial charge in [0.1, 0.15) is 10.8 Å². The van der Waals surface area contributed by atoms with Gasteiger partial charge in [0.25, 0.3) is 0 Å². The number of hydrogen-bond acceptors (Lipinski definition) is 0. The molecule has 12 heavy (non-hydrogen) atoms. The van der Waals surface area contributed by atoms with E-state index in [4.69, 9.17) is 23.2 Å². The molecule has 0 fully saturated rings. The Balaban J connectivity index is 3.39. The van der Waals surface area contributed by atoms with Crippen molar-refractivity contribution in [1.82, 2.24) is 0 Å². The van der Waals surface area contributed by atoms with Gasteiger partial charge in [-0.25, -0.2) is 8.78 Å². The van der Waals surface area contributed by atoms with Crippen LogP contribution in [0.3, 0.4) is 0 Å². The van der Waals surface area contributed by atoms with Gasteiger partial charge in [0.05, 0.1) is 5.02 Å². The fraction of sp³-hybridized carbons (Fsp3) is 0.143.